The summed E-state index contributed by atoms with van der Waals surface area (Å²) in [5, 5.41) is 9.64. The summed E-state index contributed by atoms with van der Waals surface area (Å²) >= 11 is 0. The largest absolute Gasteiger partial charge is 0.506 e. The van der Waals surface area contributed by atoms with Gasteiger partial charge in [-0.2, -0.15) is 0 Å². The third kappa shape index (κ3) is 1.15. The van der Waals surface area contributed by atoms with E-state index in [4.69, 9.17) is 0 Å². The molecule has 0 spiro atoms. The lowest BCUT2D eigenvalue weighted by molar-refractivity contribution is 0.111. The Balaban J connectivity index is 2.97. The monoisotopic (exact) mass is 190 g/mol. The van der Waals surface area contributed by atoms with Gasteiger partial charge in [-0.05, 0) is 12.1 Å². The molecule has 0 bridgehead atoms. The van der Waals surface area contributed by atoms with Crippen molar-refractivity contribution in [2.24, 2.45) is 0 Å². The van der Waals surface area contributed by atoms with Crippen molar-refractivity contribution in [3.05, 3.63) is 34.4 Å². The van der Waals surface area contributed by atoms with E-state index in [0.29, 0.717) is 6.29 Å². The number of para-hydroxylation sites is 1. The molecule has 2 rings (SSSR count). The van der Waals surface area contributed by atoms with Crippen molar-refractivity contribution in [3.8, 4) is 5.75 Å². The molecule has 0 fully saturated rings. The van der Waals surface area contributed by atoms with Crippen molar-refractivity contribution < 1.29 is 9.90 Å². The summed E-state index contributed by atoms with van der Waals surface area (Å²) in [6, 6.07) is 4.47. The first-order chi connectivity index (χ1) is 6.72. The molecule has 5 heteroatoms. The molecule has 0 unspecified atom stereocenters. The van der Waals surface area contributed by atoms with E-state index >= 15 is 0 Å². The van der Waals surface area contributed by atoms with E-state index in [-0.39, 0.29) is 22.5 Å². The standard InChI is InChI=1S/C9H6N2O3/c12-4-7-10-8-5(9(14)11-7)2-1-3-6(8)13/h1-4,13H,(H,10,11,14). The van der Waals surface area contributed by atoms with Crippen LogP contribution in [0.4, 0.5) is 0 Å². The van der Waals surface area contributed by atoms with Gasteiger partial charge in [-0.25, -0.2) is 4.98 Å². The summed E-state index contributed by atoms with van der Waals surface area (Å²) in [6.07, 6.45) is 0.424. The SMILES string of the molecule is O=Cc1nc2c(O)cccc2c(=O)[nH]1. The number of aromatic amines is 1. The van der Waals surface area contributed by atoms with Gasteiger partial charge in [0.1, 0.15) is 11.3 Å². The van der Waals surface area contributed by atoms with Gasteiger partial charge in [0.25, 0.3) is 5.56 Å². The molecule has 2 N–H and O–H groups in total. The minimum atomic E-state index is -0.437. The number of hydrogen-bond acceptors (Lipinski definition) is 4. The fraction of sp³-hybridized carbons (Fsp3) is 0. The first-order valence-corrected chi connectivity index (χ1v) is 3.89. The van der Waals surface area contributed by atoms with Gasteiger partial charge >= 0.3 is 0 Å². The average molecular weight is 190 g/mol. The number of nitrogens with zero attached hydrogens (tertiary/aromatic N) is 1. The summed E-state index contributed by atoms with van der Waals surface area (Å²) in [7, 11) is 0. The number of carbonyl (C=O) groups is 1. The number of hydrogen-bond donors (Lipinski definition) is 2. The lowest BCUT2D eigenvalue weighted by Crippen LogP contribution is -2.11. The number of phenols is 1. The Bertz CT molecular complexity index is 559. The zero-order valence-corrected chi connectivity index (χ0v) is 7.02. The highest BCUT2D eigenvalue weighted by Gasteiger charge is 2.05. The first-order valence-electron chi connectivity index (χ1n) is 3.89. The maximum atomic E-state index is 11.3. The summed E-state index contributed by atoms with van der Waals surface area (Å²) in [5.74, 6) is -0.208. The highest BCUT2D eigenvalue weighted by atomic mass is 16.3. The molecular weight excluding hydrogens is 184 g/mol. The lowest BCUT2D eigenvalue weighted by atomic mass is 10.2. The van der Waals surface area contributed by atoms with Gasteiger partial charge in [0.15, 0.2) is 12.1 Å². The van der Waals surface area contributed by atoms with Crippen molar-refractivity contribution in [3.63, 3.8) is 0 Å². The van der Waals surface area contributed by atoms with Crippen LogP contribution in [0.15, 0.2) is 23.0 Å². The molecule has 0 aliphatic heterocycles. The number of H-pyrrole nitrogens is 1. The summed E-state index contributed by atoms with van der Waals surface area (Å²) in [6.45, 7) is 0. The maximum absolute atomic E-state index is 11.3. The molecule has 0 atom stereocenters. The molecule has 70 valence electrons. The Kier molecular flexibility index (Phi) is 1.78. The zero-order chi connectivity index (χ0) is 10.1. The fourth-order valence-corrected chi connectivity index (χ4v) is 1.22. The smallest absolute Gasteiger partial charge is 0.259 e. The van der Waals surface area contributed by atoms with E-state index in [2.05, 4.69) is 9.97 Å². The van der Waals surface area contributed by atoms with Crippen LogP contribution >= 0.6 is 0 Å². The molecule has 14 heavy (non-hydrogen) atoms. The molecule has 5 nitrogen and oxygen atoms in total. The van der Waals surface area contributed by atoms with Gasteiger partial charge in [-0.3, -0.25) is 9.59 Å². The van der Waals surface area contributed by atoms with Gasteiger partial charge < -0.3 is 10.1 Å². The van der Waals surface area contributed by atoms with Crippen LogP contribution < -0.4 is 5.56 Å². The highest BCUT2D eigenvalue weighted by molar-refractivity contribution is 5.85. The third-order valence-electron chi connectivity index (χ3n) is 1.84. The summed E-state index contributed by atoms with van der Waals surface area (Å²) in [4.78, 5) is 27.8. The number of carbonyl (C=O) groups excluding carboxylic acids is 1. The van der Waals surface area contributed by atoms with Crippen molar-refractivity contribution in [2.75, 3.05) is 0 Å². The van der Waals surface area contributed by atoms with E-state index in [0.717, 1.165) is 0 Å². The number of rotatable bonds is 1. The summed E-state index contributed by atoms with van der Waals surface area (Å²) in [5.41, 5.74) is -0.300. The maximum Gasteiger partial charge on any atom is 0.259 e. The molecule has 1 heterocycles. The summed E-state index contributed by atoms with van der Waals surface area (Å²) < 4.78 is 0. The molecule has 2 aromatic rings. The normalized spacial score (nSPS) is 10.3. The molecule has 0 saturated carbocycles. The van der Waals surface area contributed by atoms with Crippen molar-refractivity contribution in [1.29, 1.82) is 0 Å². The van der Waals surface area contributed by atoms with Gasteiger partial charge in [0.2, 0.25) is 0 Å². The number of aldehydes is 1. The van der Waals surface area contributed by atoms with Crippen molar-refractivity contribution in [2.45, 2.75) is 0 Å². The van der Waals surface area contributed by atoms with Crippen molar-refractivity contribution in [1.82, 2.24) is 9.97 Å². The third-order valence-corrected chi connectivity index (χ3v) is 1.84. The van der Waals surface area contributed by atoms with Crippen LogP contribution in [0.1, 0.15) is 10.6 Å². The second kappa shape index (κ2) is 2.95. The van der Waals surface area contributed by atoms with E-state index in [1.165, 1.54) is 18.2 Å². The van der Waals surface area contributed by atoms with Crippen LogP contribution in [0.2, 0.25) is 0 Å². The van der Waals surface area contributed by atoms with Crippen LogP contribution in [-0.2, 0) is 0 Å². The van der Waals surface area contributed by atoms with Gasteiger partial charge in [-0.15, -0.1) is 0 Å². The van der Waals surface area contributed by atoms with Gasteiger partial charge in [0.05, 0.1) is 5.39 Å². The van der Waals surface area contributed by atoms with E-state index in [1.807, 2.05) is 0 Å². The number of aromatic hydroxyl groups is 1. The zero-order valence-electron chi connectivity index (χ0n) is 7.02. The Morgan fingerprint density at radius 3 is 2.93 bits per heavy atom. The molecule has 1 aromatic carbocycles. The Morgan fingerprint density at radius 1 is 1.43 bits per heavy atom. The van der Waals surface area contributed by atoms with Gasteiger partial charge in [0, 0.05) is 0 Å². The van der Waals surface area contributed by atoms with E-state index in [1.54, 1.807) is 0 Å². The lowest BCUT2D eigenvalue weighted by Gasteiger charge is -1.98. The van der Waals surface area contributed by atoms with Crippen LogP contribution in [0.3, 0.4) is 0 Å². The highest BCUT2D eigenvalue weighted by Crippen LogP contribution is 2.18. The number of fused-ring (bicyclic) bond motifs is 1. The van der Waals surface area contributed by atoms with E-state index < -0.39 is 5.56 Å². The molecule has 0 amide bonds. The van der Waals surface area contributed by atoms with E-state index in [9.17, 15) is 14.7 Å². The number of aromatic nitrogens is 2. The number of nitrogens with one attached hydrogen (secondary N) is 1. The first kappa shape index (κ1) is 8.43. The quantitative estimate of drug-likeness (QED) is 0.639. The molecular formula is C9H6N2O3. The second-order valence-corrected chi connectivity index (χ2v) is 2.74. The molecule has 0 aliphatic rings. The molecule has 0 aliphatic carbocycles. The minimum absolute atomic E-state index is 0.0935. The number of benzene rings is 1. The van der Waals surface area contributed by atoms with Crippen molar-refractivity contribution >= 4 is 17.2 Å². The Labute approximate surface area is 78.0 Å². The topological polar surface area (TPSA) is 83.0 Å². The fourth-order valence-electron chi connectivity index (χ4n) is 1.22. The predicted molar refractivity (Wildman–Crippen MR) is 49.4 cm³/mol. The predicted octanol–water partition coefficient (Wildman–Crippen LogP) is 0.441. The van der Waals surface area contributed by atoms with Crippen LogP contribution in [0.5, 0.6) is 5.75 Å². The molecule has 0 radical (unpaired) electrons. The molecule has 1 aromatic heterocycles. The Morgan fingerprint density at radius 2 is 2.21 bits per heavy atom. The molecule has 0 saturated heterocycles. The minimum Gasteiger partial charge on any atom is -0.506 e. The van der Waals surface area contributed by atoms with Crippen LogP contribution in [-0.4, -0.2) is 21.4 Å². The van der Waals surface area contributed by atoms with Crippen LogP contribution in [0.25, 0.3) is 10.9 Å². The average Bonchev–Trinajstić information content (AvgIpc) is 2.19. The second-order valence-electron chi connectivity index (χ2n) is 2.74. The van der Waals surface area contributed by atoms with Gasteiger partial charge in [-0.1, -0.05) is 6.07 Å². The van der Waals surface area contributed by atoms with Crippen LogP contribution in [0, 0.1) is 0 Å². The number of phenolic OH excluding ortho intramolecular Hbond substituents is 1. The Hall–Kier alpha value is -2.17.